The zero-order valence-electron chi connectivity index (χ0n) is 18.5. The van der Waals surface area contributed by atoms with Gasteiger partial charge in [0.2, 0.25) is 0 Å². The highest BCUT2D eigenvalue weighted by atomic mass is 35.5. The molecule has 0 bridgehead atoms. The largest absolute Gasteiger partial charge is 0.416 e. The van der Waals surface area contributed by atoms with Crippen LogP contribution in [-0.2, 0) is 17.4 Å². The summed E-state index contributed by atoms with van der Waals surface area (Å²) < 4.78 is 38.4. The van der Waals surface area contributed by atoms with Crippen molar-refractivity contribution in [3.8, 4) is 0 Å². The Kier molecular flexibility index (Phi) is 7.23. The number of hydrogen-bond acceptors (Lipinski definition) is 3. The van der Waals surface area contributed by atoms with Gasteiger partial charge in [0.1, 0.15) is 0 Å². The summed E-state index contributed by atoms with van der Waals surface area (Å²) in [6.07, 6.45) is -2.20. The molecule has 35 heavy (non-hydrogen) atoms. The number of halogens is 4. The summed E-state index contributed by atoms with van der Waals surface area (Å²) >= 11 is 7.10. The molecule has 0 fully saturated rings. The lowest BCUT2D eigenvalue weighted by molar-refractivity contribution is -0.137. The summed E-state index contributed by atoms with van der Waals surface area (Å²) in [6.45, 7) is 0.446. The van der Waals surface area contributed by atoms with Gasteiger partial charge in [-0.3, -0.25) is 9.59 Å². The second kappa shape index (κ2) is 10.2. The third-order valence-electron chi connectivity index (χ3n) is 5.47. The van der Waals surface area contributed by atoms with Crippen molar-refractivity contribution < 1.29 is 22.8 Å². The number of amides is 2. The summed E-state index contributed by atoms with van der Waals surface area (Å²) in [6, 6.07) is 17.1. The average Bonchev–Trinajstić information content (AvgIpc) is 2.83. The molecule has 9 heteroatoms. The van der Waals surface area contributed by atoms with Crippen molar-refractivity contribution in [2.75, 3.05) is 18.5 Å². The van der Waals surface area contributed by atoms with E-state index in [0.717, 1.165) is 22.6 Å². The molecule has 0 aliphatic carbocycles. The number of nitrogens with one attached hydrogen (secondary N) is 1. The fourth-order valence-corrected chi connectivity index (χ4v) is 4.75. The van der Waals surface area contributed by atoms with Crippen LogP contribution < -0.4 is 10.2 Å². The highest BCUT2D eigenvalue weighted by molar-refractivity contribution is 8.04. The number of fused-ring (bicyclic) bond motifs is 1. The molecule has 1 heterocycles. The number of rotatable bonds is 5. The van der Waals surface area contributed by atoms with Gasteiger partial charge < -0.3 is 10.2 Å². The molecule has 3 aromatic rings. The van der Waals surface area contributed by atoms with E-state index in [1.54, 1.807) is 43.5 Å². The molecule has 1 N–H and O–H groups in total. The Hall–Kier alpha value is -3.23. The van der Waals surface area contributed by atoms with Crippen molar-refractivity contribution in [1.82, 2.24) is 5.32 Å². The van der Waals surface area contributed by atoms with Gasteiger partial charge in [-0.25, -0.2) is 0 Å². The second-order valence-corrected chi connectivity index (χ2v) is 9.43. The van der Waals surface area contributed by atoms with Gasteiger partial charge in [0.25, 0.3) is 11.8 Å². The van der Waals surface area contributed by atoms with Gasteiger partial charge >= 0.3 is 6.18 Å². The van der Waals surface area contributed by atoms with Gasteiger partial charge in [-0.2, -0.15) is 13.2 Å². The van der Waals surface area contributed by atoms with E-state index in [-0.39, 0.29) is 11.8 Å². The standard InChI is InChI=1S/C26H20ClF3N2O2S/c1-32-21-15-18(24(33)31-13-12-16-4-9-20(27)10-5-16)6-11-22(21)35-23(25(32)34)14-17-2-7-19(8-3-17)26(28,29)30/h2-11,14-15H,12-13H2,1H3,(H,31,33)/b23-14-. The summed E-state index contributed by atoms with van der Waals surface area (Å²) in [4.78, 5) is 28.1. The van der Waals surface area contributed by atoms with E-state index < -0.39 is 11.7 Å². The molecular formula is C26H20ClF3N2O2S. The predicted molar refractivity (Wildman–Crippen MR) is 133 cm³/mol. The zero-order chi connectivity index (χ0) is 25.2. The predicted octanol–water partition coefficient (Wildman–Crippen LogP) is 6.44. The molecule has 0 atom stereocenters. The Morgan fingerprint density at radius 3 is 2.40 bits per heavy atom. The van der Waals surface area contributed by atoms with Crippen LogP contribution in [0.1, 0.15) is 27.0 Å². The Bertz CT molecular complexity index is 1290. The molecule has 1 aliphatic heterocycles. The lowest BCUT2D eigenvalue weighted by atomic mass is 10.1. The minimum absolute atomic E-state index is 0.251. The molecule has 0 unspecified atom stereocenters. The first-order chi connectivity index (χ1) is 16.6. The molecule has 4 rings (SSSR count). The lowest BCUT2D eigenvalue weighted by Gasteiger charge is -2.27. The van der Waals surface area contributed by atoms with E-state index >= 15 is 0 Å². The maximum absolute atomic E-state index is 12.9. The highest BCUT2D eigenvalue weighted by Gasteiger charge is 2.30. The Balaban J connectivity index is 1.45. The number of thioether (sulfide) groups is 1. The highest BCUT2D eigenvalue weighted by Crippen LogP contribution is 2.42. The number of nitrogens with zero attached hydrogens (tertiary/aromatic N) is 1. The number of carbonyl (C=O) groups is 2. The fourth-order valence-electron chi connectivity index (χ4n) is 3.53. The van der Waals surface area contributed by atoms with Gasteiger partial charge in [0, 0.05) is 29.1 Å². The molecule has 180 valence electrons. The third-order valence-corrected chi connectivity index (χ3v) is 6.80. The van der Waals surface area contributed by atoms with Crippen LogP contribution >= 0.6 is 23.4 Å². The van der Waals surface area contributed by atoms with E-state index in [4.69, 9.17) is 11.6 Å². The van der Waals surface area contributed by atoms with Crippen LogP contribution in [0.3, 0.4) is 0 Å². The number of carbonyl (C=O) groups excluding carboxylic acids is 2. The van der Waals surface area contributed by atoms with Crippen molar-refractivity contribution >= 4 is 46.9 Å². The van der Waals surface area contributed by atoms with E-state index in [1.165, 1.54) is 28.8 Å². The van der Waals surface area contributed by atoms with Crippen LogP contribution in [0.25, 0.3) is 6.08 Å². The maximum atomic E-state index is 12.9. The first kappa shape index (κ1) is 24.9. The second-order valence-electron chi connectivity index (χ2n) is 7.91. The monoisotopic (exact) mass is 516 g/mol. The molecule has 0 spiro atoms. The van der Waals surface area contributed by atoms with Crippen LogP contribution in [0, 0.1) is 0 Å². The SMILES string of the molecule is CN1C(=O)/C(=C/c2ccc(C(F)(F)F)cc2)Sc2ccc(C(=O)NCCc3ccc(Cl)cc3)cc21. The van der Waals surface area contributed by atoms with Crippen LogP contribution in [0.15, 0.2) is 76.5 Å². The summed E-state index contributed by atoms with van der Waals surface area (Å²) in [5, 5.41) is 3.53. The number of anilines is 1. The molecule has 1 aliphatic rings. The minimum Gasteiger partial charge on any atom is -0.352 e. The minimum atomic E-state index is -4.42. The first-order valence-corrected chi connectivity index (χ1v) is 11.8. The van der Waals surface area contributed by atoms with E-state index in [2.05, 4.69) is 5.32 Å². The molecular weight excluding hydrogens is 497 g/mol. The molecule has 4 nitrogen and oxygen atoms in total. The van der Waals surface area contributed by atoms with Gasteiger partial charge in [-0.15, -0.1) is 0 Å². The van der Waals surface area contributed by atoms with Crippen molar-refractivity contribution in [1.29, 1.82) is 0 Å². The van der Waals surface area contributed by atoms with Crippen molar-refractivity contribution in [3.05, 3.63) is 98.9 Å². The number of likely N-dealkylation sites (N-methyl/N-ethyl adjacent to an activating group) is 1. The van der Waals surface area contributed by atoms with Crippen molar-refractivity contribution in [2.45, 2.75) is 17.5 Å². The van der Waals surface area contributed by atoms with E-state index in [1.807, 2.05) is 12.1 Å². The number of hydrogen-bond donors (Lipinski definition) is 1. The van der Waals surface area contributed by atoms with Crippen LogP contribution in [0.5, 0.6) is 0 Å². The van der Waals surface area contributed by atoms with Gasteiger partial charge in [0.15, 0.2) is 0 Å². The van der Waals surface area contributed by atoms with Gasteiger partial charge in [0.05, 0.1) is 16.2 Å². The van der Waals surface area contributed by atoms with Gasteiger partial charge in [-0.1, -0.05) is 47.6 Å². The molecule has 0 radical (unpaired) electrons. The Morgan fingerprint density at radius 2 is 1.74 bits per heavy atom. The summed E-state index contributed by atoms with van der Waals surface area (Å²) in [5.74, 6) is -0.554. The molecule has 0 saturated heterocycles. The smallest absolute Gasteiger partial charge is 0.352 e. The van der Waals surface area contributed by atoms with Crippen LogP contribution in [0.2, 0.25) is 5.02 Å². The van der Waals surface area contributed by atoms with Crippen molar-refractivity contribution in [3.63, 3.8) is 0 Å². The Morgan fingerprint density at radius 1 is 1.06 bits per heavy atom. The topological polar surface area (TPSA) is 49.4 Å². The molecule has 3 aromatic carbocycles. The van der Waals surface area contributed by atoms with E-state index in [9.17, 15) is 22.8 Å². The van der Waals surface area contributed by atoms with Crippen LogP contribution in [0.4, 0.5) is 18.9 Å². The normalized spacial score (nSPS) is 14.7. The molecule has 0 saturated carbocycles. The molecule has 0 aromatic heterocycles. The van der Waals surface area contributed by atoms with Gasteiger partial charge in [-0.05, 0) is 66.1 Å². The quantitative estimate of drug-likeness (QED) is 0.397. The number of benzene rings is 3. The third kappa shape index (κ3) is 5.89. The summed E-state index contributed by atoms with van der Waals surface area (Å²) in [5.41, 5.74) is 1.81. The average molecular weight is 517 g/mol. The summed E-state index contributed by atoms with van der Waals surface area (Å²) in [7, 11) is 1.60. The number of alkyl halides is 3. The Labute approximate surface area is 209 Å². The zero-order valence-corrected chi connectivity index (χ0v) is 20.1. The lowest BCUT2D eigenvalue weighted by Crippen LogP contribution is -2.31. The molecule has 2 amide bonds. The first-order valence-electron chi connectivity index (χ1n) is 10.6. The van der Waals surface area contributed by atoms with E-state index in [0.29, 0.717) is 39.7 Å². The van der Waals surface area contributed by atoms with Crippen molar-refractivity contribution in [2.24, 2.45) is 0 Å². The maximum Gasteiger partial charge on any atom is 0.416 e. The fraction of sp³-hybridized carbons (Fsp3) is 0.154. The van der Waals surface area contributed by atoms with Crippen LogP contribution in [-0.4, -0.2) is 25.4 Å².